The highest BCUT2D eigenvalue weighted by molar-refractivity contribution is 6.01. The number of hydrogen-bond acceptors (Lipinski definition) is 7. The molecule has 7 nitrogen and oxygen atoms in total. The topological polar surface area (TPSA) is 99.1 Å². The standard InChI is InChI=1S/C26H32F2O7/c1-13(29)33-12-20(32)26-21(34-22(2,3)35-26)10-15-16-9-18(27)17-8-14(30)6-7-23(17,4)25(16,28)19(31)11-24(15,26)5/h6-8,15-16,18-19,21,31H,9-12H2,1-5H3/t15-,16+,18+,19-,21-,23+,24-,25+,26-/m1/s1. The van der Waals surface area contributed by atoms with Crippen molar-refractivity contribution < 1.29 is 42.5 Å². The zero-order valence-electron chi connectivity index (χ0n) is 20.6. The summed E-state index contributed by atoms with van der Waals surface area (Å²) in [5.41, 5.74) is -6.46. The lowest BCUT2D eigenvalue weighted by Crippen LogP contribution is -2.71. The molecule has 1 N–H and O–H groups in total. The van der Waals surface area contributed by atoms with Crippen molar-refractivity contribution >= 4 is 17.5 Å². The van der Waals surface area contributed by atoms with E-state index in [1.54, 1.807) is 20.8 Å². The van der Waals surface area contributed by atoms with Gasteiger partial charge in [-0.1, -0.05) is 13.0 Å². The first kappa shape index (κ1) is 24.7. The smallest absolute Gasteiger partial charge is 0.303 e. The monoisotopic (exact) mass is 494 g/mol. The Bertz CT molecular complexity index is 1070. The zero-order valence-corrected chi connectivity index (χ0v) is 20.6. The van der Waals surface area contributed by atoms with Gasteiger partial charge in [0.05, 0.1) is 12.2 Å². The van der Waals surface area contributed by atoms with E-state index < -0.39 is 82.2 Å². The minimum absolute atomic E-state index is 0.0406. The number of halogens is 2. The van der Waals surface area contributed by atoms with Gasteiger partial charge in [-0.15, -0.1) is 0 Å². The molecule has 1 saturated heterocycles. The van der Waals surface area contributed by atoms with Crippen LogP contribution in [-0.2, 0) is 28.6 Å². The third kappa shape index (κ3) is 2.95. The van der Waals surface area contributed by atoms with E-state index in [9.17, 15) is 19.5 Å². The van der Waals surface area contributed by atoms with Crippen molar-refractivity contribution in [3.05, 3.63) is 23.8 Å². The van der Waals surface area contributed by atoms with Gasteiger partial charge in [0.1, 0.15) is 6.17 Å². The minimum Gasteiger partial charge on any atom is -0.458 e. The summed E-state index contributed by atoms with van der Waals surface area (Å²) in [6.45, 7) is 7.28. The van der Waals surface area contributed by atoms with Crippen molar-refractivity contribution in [1.82, 2.24) is 0 Å². The molecule has 4 aliphatic carbocycles. The molecule has 5 aliphatic rings. The lowest BCUT2D eigenvalue weighted by Gasteiger charge is -2.63. The van der Waals surface area contributed by atoms with E-state index in [-0.39, 0.29) is 24.8 Å². The summed E-state index contributed by atoms with van der Waals surface area (Å²) < 4.78 is 50.3. The second-order valence-corrected chi connectivity index (χ2v) is 11.6. The van der Waals surface area contributed by atoms with Gasteiger partial charge in [0, 0.05) is 23.7 Å². The number of carbonyl (C=O) groups excluding carboxylic acids is 3. The number of ether oxygens (including phenoxy) is 3. The molecule has 0 amide bonds. The maximum atomic E-state index is 17.3. The predicted molar refractivity (Wildman–Crippen MR) is 118 cm³/mol. The maximum Gasteiger partial charge on any atom is 0.303 e. The Morgan fingerprint density at radius 2 is 1.89 bits per heavy atom. The highest BCUT2D eigenvalue weighted by Crippen LogP contribution is 2.72. The Labute approximate surface area is 202 Å². The second-order valence-electron chi connectivity index (χ2n) is 11.6. The van der Waals surface area contributed by atoms with Gasteiger partial charge in [0.2, 0.25) is 5.78 Å². The number of aliphatic hydroxyl groups excluding tert-OH is 1. The Kier molecular flexibility index (Phi) is 5.15. The molecule has 0 bridgehead atoms. The molecule has 5 rings (SSSR count). The molecule has 0 spiro atoms. The number of fused-ring (bicyclic) bond motifs is 7. The summed E-state index contributed by atoms with van der Waals surface area (Å²) in [7, 11) is 0. The molecular weight excluding hydrogens is 462 g/mol. The van der Waals surface area contributed by atoms with Gasteiger partial charge in [-0.25, -0.2) is 8.78 Å². The van der Waals surface area contributed by atoms with Gasteiger partial charge < -0.3 is 19.3 Å². The van der Waals surface area contributed by atoms with Crippen LogP contribution < -0.4 is 0 Å². The lowest BCUT2D eigenvalue weighted by atomic mass is 9.44. The highest BCUT2D eigenvalue weighted by atomic mass is 19.1. The number of hydrogen-bond donors (Lipinski definition) is 1. The summed E-state index contributed by atoms with van der Waals surface area (Å²) in [5, 5.41) is 11.5. The highest BCUT2D eigenvalue weighted by Gasteiger charge is 2.80. The molecule has 1 aliphatic heterocycles. The van der Waals surface area contributed by atoms with Crippen molar-refractivity contribution in [2.75, 3.05) is 6.61 Å². The first-order valence-electron chi connectivity index (χ1n) is 12.1. The Balaban J connectivity index is 1.62. The number of ketones is 2. The first-order chi connectivity index (χ1) is 16.1. The Hall–Kier alpha value is -1.97. The van der Waals surface area contributed by atoms with Crippen molar-refractivity contribution in [3.8, 4) is 0 Å². The summed E-state index contributed by atoms with van der Waals surface area (Å²) in [5.74, 6) is -4.23. The zero-order chi connectivity index (χ0) is 25.8. The molecule has 35 heavy (non-hydrogen) atoms. The number of Topliss-reactive ketones (excluding diaryl/α,β-unsaturated/α-hetero) is 1. The van der Waals surface area contributed by atoms with Crippen molar-refractivity contribution in [2.45, 2.75) is 89.3 Å². The molecule has 3 saturated carbocycles. The average molecular weight is 495 g/mol. The number of alkyl halides is 2. The van der Waals surface area contributed by atoms with Crippen LogP contribution >= 0.6 is 0 Å². The van der Waals surface area contributed by atoms with Crippen LogP contribution in [-0.4, -0.2) is 64.7 Å². The van der Waals surface area contributed by atoms with E-state index in [1.165, 1.54) is 26.0 Å². The fourth-order valence-electron chi connectivity index (χ4n) is 8.08. The van der Waals surface area contributed by atoms with Crippen LogP contribution in [0.1, 0.15) is 53.9 Å². The first-order valence-corrected chi connectivity index (χ1v) is 12.1. The van der Waals surface area contributed by atoms with Crippen LogP contribution in [0.25, 0.3) is 0 Å². The largest absolute Gasteiger partial charge is 0.458 e. The number of esters is 1. The quantitative estimate of drug-likeness (QED) is 0.603. The summed E-state index contributed by atoms with van der Waals surface area (Å²) in [6.07, 6.45) is -0.345. The molecule has 0 aromatic heterocycles. The number of rotatable bonds is 3. The Morgan fingerprint density at radius 3 is 2.54 bits per heavy atom. The van der Waals surface area contributed by atoms with Crippen LogP contribution in [0.3, 0.4) is 0 Å². The molecular formula is C26H32F2O7. The normalized spacial score (nSPS) is 49.4. The molecule has 9 heteroatoms. The summed E-state index contributed by atoms with van der Waals surface area (Å²) in [6, 6.07) is 0. The molecule has 0 radical (unpaired) electrons. The fraction of sp³-hybridized carbons (Fsp3) is 0.731. The third-order valence-electron chi connectivity index (χ3n) is 9.44. The molecule has 1 heterocycles. The molecule has 0 aromatic carbocycles. The molecule has 192 valence electrons. The molecule has 4 fully saturated rings. The van der Waals surface area contributed by atoms with Crippen LogP contribution in [0.2, 0.25) is 0 Å². The van der Waals surface area contributed by atoms with Crippen LogP contribution in [0.5, 0.6) is 0 Å². The van der Waals surface area contributed by atoms with Gasteiger partial charge in [0.25, 0.3) is 0 Å². The van der Waals surface area contributed by atoms with E-state index >= 15 is 8.78 Å². The van der Waals surface area contributed by atoms with Gasteiger partial charge in [-0.2, -0.15) is 0 Å². The van der Waals surface area contributed by atoms with Crippen molar-refractivity contribution in [2.24, 2.45) is 22.7 Å². The van der Waals surface area contributed by atoms with Gasteiger partial charge in [-0.05, 0) is 63.7 Å². The van der Waals surface area contributed by atoms with Crippen LogP contribution in [0.15, 0.2) is 23.8 Å². The van der Waals surface area contributed by atoms with Crippen molar-refractivity contribution in [1.29, 1.82) is 0 Å². The maximum absolute atomic E-state index is 17.3. The third-order valence-corrected chi connectivity index (χ3v) is 9.44. The molecule has 0 unspecified atom stereocenters. The second kappa shape index (κ2) is 7.29. The Morgan fingerprint density at radius 1 is 1.20 bits per heavy atom. The van der Waals surface area contributed by atoms with E-state index in [2.05, 4.69) is 0 Å². The van der Waals surface area contributed by atoms with Crippen LogP contribution in [0, 0.1) is 22.7 Å². The van der Waals surface area contributed by atoms with Gasteiger partial charge in [0.15, 0.2) is 29.4 Å². The minimum atomic E-state index is -2.27. The summed E-state index contributed by atoms with van der Waals surface area (Å²) in [4.78, 5) is 37.1. The number of allylic oxidation sites excluding steroid dienone is 4. The van der Waals surface area contributed by atoms with Crippen molar-refractivity contribution in [3.63, 3.8) is 0 Å². The van der Waals surface area contributed by atoms with E-state index in [1.807, 2.05) is 0 Å². The van der Waals surface area contributed by atoms with Crippen LogP contribution in [0.4, 0.5) is 8.78 Å². The fourth-order valence-corrected chi connectivity index (χ4v) is 8.08. The SMILES string of the molecule is CC(=O)OCC(=O)[C@@]12OC(C)(C)O[C@@H]1C[C@@H]1[C@@H]3C[C@H](F)C4=CC(=O)C=C[C@]4(C)[C@@]3(F)[C@H](O)C[C@]12C. The van der Waals surface area contributed by atoms with E-state index in [0.717, 1.165) is 6.08 Å². The molecule has 0 aromatic rings. The lowest BCUT2D eigenvalue weighted by molar-refractivity contribution is -0.249. The van der Waals surface area contributed by atoms with Gasteiger partial charge in [-0.3, -0.25) is 14.4 Å². The predicted octanol–water partition coefficient (Wildman–Crippen LogP) is 2.94. The van der Waals surface area contributed by atoms with E-state index in [0.29, 0.717) is 0 Å². The number of aliphatic hydroxyl groups is 1. The number of carbonyl (C=O) groups is 3. The average Bonchev–Trinajstić information content (AvgIpc) is 3.16. The molecule has 9 atom stereocenters. The summed E-state index contributed by atoms with van der Waals surface area (Å²) >= 11 is 0. The van der Waals surface area contributed by atoms with Gasteiger partial charge >= 0.3 is 5.97 Å². The van der Waals surface area contributed by atoms with E-state index in [4.69, 9.17) is 14.2 Å².